The van der Waals surface area contributed by atoms with Gasteiger partial charge in [0.25, 0.3) is 5.91 Å². The van der Waals surface area contributed by atoms with E-state index in [1.807, 2.05) is 13.8 Å². The van der Waals surface area contributed by atoms with Crippen LogP contribution in [0.5, 0.6) is 0 Å². The Morgan fingerprint density at radius 2 is 2.13 bits per heavy atom. The number of aliphatic hydroxyl groups is 1. The first-order valence-electron chi connectivity index (χ1n) is 7.16. The van der Waals surface area contributed by atoms with Gasteiger partial charge in [0.2, 0.25) is 11.5 Å². The predicted octanol–water partition coefficient (Wildman–Crippen LogP) is 0.334. The monoisotopic (exact) mass is 317 g/mol. The van der Waals surface area contributed by atoms with Crippen molar-refractivity contribution in [3.8, 4) is 0 Å². The van der Waals surface area contributed by atoms with Gasteiger partial charge in [-0.2, -0.15) is 0 Å². The number of rotatable bonds is 5. The SMILES string of the molecule is CC(C)c1cc(C(=O)NCC(O)c2cccc(=O)[nH]2)nc(N)n1. The predicted molar refractivity (Wildman–Crippen MR) is 84.9 cm³/mol. The summed E-state index contributed by atoms with van der Waals surface area (Å²) in [6.07, 6.45) is -1.03. The fraction of sp³-hybridized carbons (Fsp3) is 0.333. The molecule has 1 atom stereocenters. The highest BCUT2D eigenvalue weighted by atomic mass is 16.3. The third kappa shape index (κ3) is 4.36. The van der Waals surface area contributed by atoms with Crippen LogP contribution in [-0.4, -0.2) is 32.5 Å². The molecule has 0 radical (unpaired) electrons. The van der Waals surface area contributed by atoms with E-state index in [1.54, 1.807) is 12.1 Å². The molecule has 0 aliphatic heterocycles. The molecule has 1 unspecified atom stereocenters. The molecule has 0 aliphatic carbocycles. The molecule has 8 heteroatoms. The number of hydrogen-bond donors (Lipinski definition) is 4. The summed E-state index contributed by atoms with van der Waals surface area (Å²) in [6.45, 7) is 3.79. The van der Waals surface area contributed by atoms with Gasteiger partial charge in [0.05, 0.1) is 0 Å². The van der Waals surface area contributed by atoms with E-state index < -0.39 is 12.0 Å². The Bertz CT molecular complexity index is 757. The van der Waals surface area contributed by atoms with Crippen molar-refractivity contribution in [3.05, 3.63) is 51.7 Å². The first-order valence-corrected chi connectivity index (χ1v) is 7.16. The quantitative estimate of drug-likeness (QED) is 0.628. The fourth-order valence-corrected chi connectivity index (χ4v) is 1.95. The van der Waals surface area contributed by atoms with E-state index in [-0.39, 0.29) is 29.7 Å². The number of carbonyl (C=O) groups is 1. The smallest absolute Gasteiger partial charge is 0.270 e. The number of anilines is 1. The van der Waals surface area contributed by atoms with Gasteiger partial charge in [-0.25, -0.2) is 9.97 Å². The zero-order chi connectivity index (χ0) is 17.0. The van der Waals surface area contributed by atoms with Gasteiger partial charge in [-0.05, 0) is 18.1 Å². The number of aromatic amines is 1. The average molecular weight is 317 g/mol. The van der Waals surface area contributed by atoms with Crippen LogP contribution in [-0.2, 0) is 0 Å². The van der Waals surface area contributed by atoms with E-state index in [9.17, 15) is 14.7 Å². The minimum atomic E-state index is -1.03. The average Bonchev–Trinajstić information content (AvgIpc) is 2.51. The normalized spacial score (nSPS) is 12.2. The van der Waals surface area contributed by atoms with Crippen LogP contribution in [0.15, 0.2) is 29.1 Å². The zero-order valence-electron chi connectivity index (χ0n) is 12.9. The molecule has 0 fully saturated rings. The summed E-state index contributed by atoms with van der Waals surface area (Å²) < 4.78 is 0. The van der Waals surface area contributed by atoms with Gasteiger partial charge >= 0.3 is 0 Å². The molecule has 8 nitrogen and oxygen atoms in total. The Morgan fingerprint density at radius 1 is 1.39 bits per heavy atom. The van der Waals surface area contributed by atoms with Crippen LogP contribution in [0.3, 0.4) is 0 Å². The molecule has 5 N–H and O–H groups in total. The lowest BCUT2D eigenvalue weighted by atomic mass is 10.1. The number of nitrogens with one attached hydrogen (secondary N) is 2. The minimum Gasteiger partial charge on any atom is -0.385 e. The highest BCUT2D eigenvalue weighted by molar-refractivity contribution is 5.92. The second-order valence-corrected chi connectivity index (χ2v) is 5.39. The van der Waals surface area contributed by atoms with Gasteiger partial charge in [-0.1, -0.05) is 19.9 Å². The van der Waals surface area contributed by atoms with Crippen molar-refractivity contribution in [2.75, 3.05) is 12.3 Å². The number of aliphatic hydroxyl groups excluding tert-OH is 1. The Kier molecular flexibility index (Phi) is 5.07. The number of amides is 1. The lowest BCUT2D eigenvalue weighted by molar-refractivity contribution is 0.0909. The topological polar surface area (TPSA) is 134 Å². The highest BCUT2D eigenvalue weighted by Crippen LogP contribution is 2.14. The summed E-state index contributed by atoms with van der Waals surface area (Å²) in [7, 11) is 0. The summed E-state index contributed by atoms with van der Waals surface area (Å²) in [5.41, 5.74) is 6.40. The highest BCUT2D eigenvalue weighted by Gasteiger charge is 2.15. The maximum atomic E-state index is 12.1. The molecular weight excluding hydrogens is 298 g/mol. The summed E-state index contributed by atoms with van der Waals surface area (Å²) in [6, 6.07) is 6.00. The minimum absolute atomic E-state index is 0.0225. The number of hydrogen-bond acceptors (Lipinski definition) is 6. The van der Waals surface area contributed by atoms with Crippen molar-refractivity contribution in [2.45, 2.75) is 25.9 Å². The van der Waals surface area contributed by atoms with Crippen LogP contribution in [0.2, 0.25) is 0 Å². The molecule has 0 saturated carbocycles. The number of pyridine rings is 1. The molecule has 0 aromatic carbocycles. The van der Waals surface area contributed by atoms with E-state index >= 15 is 0 Å². The molecule has 122 valence electrons. The van der Waals surface area contributed by atoms with E-state index in [0.29, 0.717) is 11.4 Å². The molecule has 0 bridgehead atoms. The van der Waals surface area contributed by atoms with Crippen LogP contribution >= 0.6 is 0 Å². The first kappa shape index (κ1) is 16.6. The summed E-state index contributed by atoms with van der Waals surface area (Å²) >= 11 is 0. The largest absolute Gasteiger partial charge is 0.385 e. The maximum absolute atomic E-state index is 12.1. The van der Waals surface area contributed by atoms with Crippen LogP contribution in [0.25, 0.3) is 0 Å². The first-order chi connectivity index (χ1) is 10.9. The summed E-state index contributed by atoms with van der Waals surface area (Å²) in [5.74, 6) is -0.348. The van der Waals surface area contributed by atoms with Crippen LogP contribution in [0.1, 0.15) is 47.7 Å². The number of H-pyrrole nitrogens is 1. The molecule has 2 rings (SSSR count). The lowest BCUT2D eigenvalue weighted by Gasteiger charge is -2.12. The van der Waals surface area contributed by atoms with Crippen molar-refractivity contribution < 1.29 is 9.90 Å². The van der Waals surface area contributed by atoms with Crippen LogP contribution < -0.4 is 16.6 Å². The van der Waals surface area contributed by atoms with E-state index in [4.69, 9.17) is 5.73 Å². The third-order valence-electron chi connectivity index (χ3n) is 3.19. The van der Waals surface area contributed by atoms with Gasteiger partial charge in [0.15, 0.2) is 0 Å². The zero-order valence-corrected chi connectivity index (χ0v) is 12.9. The molecule has 2 heterocycles. The van der Waals surface area contributed by atoms with Gasteiger partial charge in [0, 0.05) is 24.0 Å². The second-order valence-electron chi connectivity index (χ2n) is 5.39. The van der Waals surface area contributed by atoms with Gasteiger partial charge in [-0.3, -0.25) is 9.59 Å². The summed E-state index contributed by atoms with van der Waals surface area (Å²) in [5, 5.41) is 12.5. The molecule has 23 heavy (non-hydrogen) atoms. The molecule has 0 aliphatic rings. The van der Waals surface area contributed by atoms with Crippen LogP contribution in [0, 0.1) is 0 Å². The van der Waals surface area contributed by atoms with Crippen molar-refractivity contribution in [1.82, 2.24) is 20.3 Å². The number of nitrogens with two attached hydrogens (primary N) is 1. The Morgan fingerprint density at radius 3 is 2.78 bits per heavy atom. The van der Waals surface area contributed by atoms with E-state index in [1.165, 1.54) is 12.1 Å². The van der Waals surface area contributed by atoms with Crippen molar-refractivity contribution in [2.24, 2.45) is 0 Å². The van der Waals surface area contributed by atoms with Crippen molar-refractivity contribution in [3.63, 3.8) is 0 Å². The van der Waals surface area contributed by atoms with Gasteiger partial charge in [0.1, 0.15) is 11.8 Å². The van der Waals surface area contributed by atoms with Gasteiger partial charge < -0.3 is 21.1 Å². The van der Waals surface area contributed by atoms with Crippen molar-refractivity contribution in [1.29, 1.82) is 0 Å². The van der Waals surface area contributed by atoms with Crippen LogP contribution in [0.4, 0.5) is 5.95 Å². The number of carbonyl (C=O) groups excluding carboxylic acids is 1. The molecule has 2 aromatic rings. The number of nitrogen functional groups attached to an aromatic ring is 1. The fourth-order valence-electron chi connectivity index (χ4n) is 1.95. The molecule has 0 spiro atoms. The Balaban J connectivity index is 2.06. The lowest BCUT2D eigenvalue weighted by Crippen LogP contribution is -2.30. The Labute approximate surface area is 132 Å². The Hall–Kier alpha value is -2.74. The number of aromatic nitrogens is 3. The molecule has 1 amide bonds. The van der Waals surface area contributed by atoms with Crippen molar-refractivity contribution >= 4 is 11.9 Å². The van der Waals surface area contributed by atoms with E-state index in [2.05, 4.69) is 20.3 Å². The maximum Gasteiger partial charge on any atom is 0.270 e. The molecule has 0 saturated heterocycles. The van der Waals surface area contributed by atoms with E-state index in [0.717, 1.165) is 0 Å². The molecule has 2 aromatic heterocycles. The summed E-state index contributed by atoms with van der Waals surface area (Å²) in [4.78, 5) is 33.8. The van der Waals surface area contributed by atoms with Gasteiger partial charge in [-0.15, -0.1) is 0 Å². The number of nitrogens with zero attached hydrogens (tertiary/aromatic N) is 2. The standard InChI is InChI=1S/C15H19N5O3/c1-8(2)10-6-11(20-15(16)19-10)14(23)17-7-12(21)9-4-3-5-13(22)18-9/h3-6,8,12,21H,7H2,1-2H3,(H,17,23)(H,18,22)(H2,16,19,20). The second kappa shape index (κ2) is 7.01. The third-order valence-corrected chi connectivity index (χ3v) is 3.19. The molecular formula is C15H19N5O3.